The van der Waals surface area contributed by atoms with Gasteiger partial charge < -0.3 is 54.0 Å². The molecule has 16 heteroatoms. The summed E-state index contributed by atoms with van der Waals surface area (Å²) in [7, 11) is 0. The van der Waals surface area contributed by atoms with E-state index >= 15 is 0 Å². The van der Waals surface area contributed by atoms with Crippen molar-refractivity contribution in [1.82, 2.24) is 42.5 Å². The number of unbranched alkanes of at least 4 members (excludes halogenated alkanes) is 2. The van der Waals surface area contributed by atoms with Crippen molar-refractivity contribution in [1.29, 1.82) is 0 Å². The Balaban J connectivity index is 4.85. The van der Waals surface area contributed by atoms with Crippen LogP contribution in [0.4, 0.5) is 4.79 Å². The monoisotopic (exact) mass is 670 g/mol. The van der Waals surface area contributed by atoms with Gasteiger partial charge in [0.2, 0.25) is 29.5 Å². The summed E-state index contributed by atoms with van der Waals surface area (Å²) in [6.45, 7) is 11.5. The van der Waals surface area contributed by atoms with Crippen LogP contribution in [0.15, 0.2) is 0 Å². The number of carbonyl (C=O) groups excluding carboxylic acids is 6. The van der Waals surface area contributed by atoms with E-state index in [1.54, 1.807) is 13.8 Å². The molecular formula is C31H62N10O6. The first kappa shape index (κ1) is 43.5. The van der Waals surface area contributed by atoms with Crippen LogP contribution >= 0.6 is 0 Å². The minimum atomic E-state index is -0.949. The summed E-state index contributed by atoms with van der Waals surface area (Å²) in [6.07, 6.45) is 5.94. The molecule has 0 spiro atoms. The Kier molecular flexibility index (Phi) is 25.5. The highest BCUT2D eigenvalue weighted by Crippen LogP contribution is 2.08. The van der Waals surface area contributed by atoms with Gasteiger partial charge in [0.05, 0.1) is 0 Å². The second-order valence-electron chi connectivity index (χ2n) is 12.0. The number of nitrogens with one attached hydrogen (secondary N) is 8. The van der Waals surface area contributed by atoms with E-state index in [-0.39, 0.29) is 36.6 Å². The van der Waals surface area contributed by atoms with Crippen molar-refractivity contribution in [3.63, 3.8) is 0 Å². The molecule has 0 saturated heterocycles. The van der Waals surface area contributed by atoms with Crippen molar-refractivity contribution >= 4 is 35.6 Å². The molecule has 1 unspecified atom stereocenters. The predicted octanol–water partition coefficient (Wildman–Crippen LogP) is -1.31. The molecule has 0 bridgehead atoms. The van der Waals surface area contributed by atoms with Crippen molar-refractivity contribution in [2.45, 2.75) is 104 Å². The number of carbonyl (C=O) groups is 6. The average Bonchev–Trinajstić information content (AvgIpc) is 3.00. The number of hydrogen-bond donors (Lipinski definition) is 10. The van der Waals surface area contributed by atoms with Crippen LogP contribution in [0, 0.1) is 5.92 Å². The molecule has 0 aliphatic heterocycles. The topological polar surface area (TPSA) is 251 Å². The highest BCUT2D eigenvalue weighted by atomic mass is 16.2. The smallest absolute Gasteiger partial charge is 0.312 e. The van der Waals surface area contributed by atoms with Gasteiger partial charge in [0.25, 0.3) is 0 Å². The van der Waals surface area contributed by atoms with Gasteiger partial charge in [0.1, 0.15) is 18.1 Å². The molecule has 3 atom stereocenters. The predicted molar refractivity (Wildman–Crippen MR) is 182 cm³/mol. The van der Waals surface area contributed by atoms with Gasteiger partial charge in [-0.1, -0.05) is 13.8 Å². The first-order valence-electron chi connectivity index (χ1n) is 16.9. The van der Waals surface area contributed by atoms with Crippen molar-refractivity contribution < 1.29 is 28.8 Å². The molecule has 16 nitrogen and oxygen atoms in total. The van der Waals surface area contributed by atoms with Crippen molar-refractivity contribution in [3.05, 3.63) is 0 Å². The number of amides is 7. The number of nitrogens with two attached hydrogens (primary N) is 2. The Morgan fingerprint density at radius 2 is 1.06 bits per heavy atom. The third-order valence-corrected chi connectivity index (χ3v) is 7.18. The van der Waals surface area contributed by atoms with Gasteiger partial charge in [-0.05, 0) is 96.4 Å². The summed E-state index contributed by atoms with van der Waals surface area (Å²) in [6, 6.07) is -3.34. The molecule has 0 heterocycles. The van der Waals surface area contributed by atoms with Gasteiger partial charge >= 0.3 is 6.03 Å². The fraction of sp³-hybridized carbons (Fsp3) is 0.806. The molecule has 0 saturated carbocycles. The van der Waals surface area contributed by atoms with Gasteiger partial charge in [-0.2, -0.15) is 0 Å². The zero-order valence-corrected chi connectivity index (χ0v) is 28.9. The molecule has 0 aromatic carbocycles. The standard InChI is InChI=1S/C31H62N10O6/c1-22(2)27(41-29(45)26(39-24(4)43)12-5-6-14-32)30(46)40-25(13-9-19-38-31(33)47)28(44)37-21-11-18-35-16-8-7-15-34-17-10-20-36-23(3)42/h22,25-27,34-35H,5-21,32H2,1-4H3,(H,36,42)(H,37,44)(H,39,43)(H,40,46)(H,41,45)(H3,33,38,47)/t25-,26-,27?/m0/s1. The van der Waals surface area contributed by atoms with Crippen LogP contribution in [0.2, 0.25) is 0 Å². The van der Waals surface area contributed by atoms with Crippen LogP contribution in [-0.4, -0.2) is 106 Å². The largest absolute Gasteiger partial charge is 0.356 e. The van der Waals surface area contributed by atoms with E-state index in [2.05, 4.69) is 42.5 Å². The minimum absolute atomic E-state index is 0.0148. The van der Waals surface area contributed by atoms with E-state index in [1.165, 1.54) is 13.8 Å². The minimum Gasteiger partial charge on any atom is -0.356 e. The molecule has 0 aliphatic rings. The maximum atomic E-state index is 13.4. The van der Waals surface area contributed by atoms with E-state index in [9.17, 15) is 28.8 Å². The van der Waals surface area contributed by atoms with Crippen LogP contribution in [0.5, 0.6) is 0 Å². The first-order chi connectivity index (χ1) is 22.4. The molecule has 0 aromatic rings. The van der Waals surface area contributed by atoms with E-state index in [0.717, 1.165) is 38.9 Å². The summed E-state index contributed by atoms with van der Waals surface area (Å²) >= 11 is 0. The average molecular weight is 671 g/mol. The number of rotatable bonds is 28. The quantitative estimate of drug-likeness (QED) is 0.0443. The van der Waals surface area contributed by atoms with Crippen molar-refractivity contribution in [2.24, 2.45) is 17.4 Å². The fourth-order valence-corrected chi connectivity index (χ4v) is 4.62. The SMILES string of the molecule is CC(=O)NCCCNCCCCNCCCNC(=O)[C@H](CCCNC(N)=O)NC(=O)C(NC(=O)[C@H](CCCCN)NC(C)=O)C(C)C. The Bertz CT molecular complexity index is 936. The van der Waals surface area contributed by atoms with E-state index < -0.39 is 36.0 Å². The molecule has 7 amide bonds. The number of hydrogen-bond acceptors (Lipinski definition) is 9. The molecule has 0 aliphatic carbocycles. The van der Waals surface area contributed by atoms with E-state index in [1.807, 2.05) is 0 Å². The third-order valence-electron chi connectivity index (χ3n) is 7.18. The molecule has 47 heavy (non-hydrogen) atoms. The van der Waals surface area contributed by atoms with Crippen LogP contribution in [0.3, 0.4) is 0 Å². The van der Waals surface area contributed by atoms with Gasteiger partial charge in [-0.15, -0.1) is 0 Å². The van der Waals surface area contributed by atoms with Gasteiger partial charge in [0.15, 0.2) is 0 Å². The number of urea groups is 1. The van der Waals surface area contributed by atoms with E-state index in [4.69, 9.17) is 11.5 Å². The molecule has 12 N–H and O–H groups in total. The maximum absolute atomic E-state index is 13.4. The zero-order chi connectivity index (χ0) is 35.5. The number of primary amides is 1. The Morgan fingerprint density at radius 3 is 1.60 bits per heavy atom. The lowest BCUT2D eigenvalue weighted by atomic mass is 10.0. The third kappa shape index (κ3) is 24.4. The van der Waals surface area contributed by atoms with Gasteiger partial charge in [-0.25, -0.2) is 4.79 Å². The molecule has 0 aromatic heterocycles. The van der Waals surface area contributed by atoms with Crippen LogP contribution in [-0.2, 0) is 24.0 Å². The summed E-state index contributed by atoms with van der Waals surface area (Å²) in [4.78, 5) is 73.1. The highest BCUT2D eigenvalue weighted by Gasteiger charge is 2.31. The van der Waals surface area contributed by atoms with Gasteiger partial charge in [0, 0.05) is 33.5 Å². The zero-order valence-electron chi connectivity index (χ0n) is 28.9. The maximum Gasteiger partial charge on any atom is 0.312 e. The van der Waals surface area contributed by atoms with Crippen molar-refractivity contribution in [2.75, 3.05) is 52.4 Å². The molecule has 272 valence electrons. The lowest BCUT2D eigenvalue weighted by molar-refractivity contribution is -0.134. The molecule has 0 fully saturated rings. The fourth-order valence-electron chi connectivity index (χ4n) is 4.62. The van der Waals surface area contributed by atoms with Crippen LogP contribution in [0.25, 0.3) is 0 Å². The van der Waals surface area contributed by atoms with Crippen LogP contribution < -0.4 is 54.0 Å². The Morgan fingerprint density at radius 1 is 0.532 bits per heavy atom. The van der Waals surface area contributed by atoms with Gasteiger partial charge in [-0.3, -0.25) is 24.0 Å². The Labute approximate surface area is 280 Å². The second kappa shape index (κ2) is 27.6. The molecular weight excluding hydrogens is 608 g/mol. The van der Waals surface area contributed by atoms with Crippen molar-refractivity contribution in [3.8, 4) is 0 Å². The molecule has 0 radical (unpaired) electrons. The summed E-state index contributed by atoms with van der Waals surface area (Å²) < 4.78 is 0. The normalized spacial score (nSPS) is 12.8. The lowest BCUT2D eigenvalue weighted by Crippen LogP contribution is -2.58. The first-order valence-corrected chi connectivity index (χ1v) is 16.9. The Hall–Kier alpha value is -3.50. The lowest BCUT2D eigenvalue weighted by Gasteiger charge is -2.27. The molecule has 0 rings (SSSR count). The summed E-state index contributed by atoms with van der Waals surface area (Å²) in [5, 5.41) is 23.0. The summed E-state index contributed by atoms with van der Waals surface area (Å²) in [5.41, 5.74) is 10.7. The van der Waals surface area contributed by atoms with E-state index in [0.29, 0.717) is 58.3 Å². The second-order valence-corrected chi connectivity index (χ2v) is 12.0. The summed E-state index contributed by atoms with van der Waals surface area (Å²) in [5.74, 6) is -2.06. The highest BCUT2D eigenvalue weighted by molar-refractivity contribution is 5.94. The van der Waals surface area contributed by atoms with Crippen LogP contribution in [0.1, 0.15) is 85.5 Å².